The van der Waals surface area contributed by atoms with Crippen molar-refractivity contribution in [2.45, 2.75) is 0 Å². The molecule has 0 aliphatic rings. The fourth-order valence-corrected chi connectivity index (χ4v) is 0.225. The Kier molecular flexibility index (Phi) is 9.60. The van der Waals surface area contributed by atoms with Gasteiger partial charge in [0.25, 0.3) is 0 Å². The Balaban J connectivity index is 0.000000187. The van der Waals surface area contributed by atoms with Crippen molar-refractivity contribution in [3.05, 3.63) is 24.8 Å². The van der Waals surface area contributed by atoms with Gasteiger partial charge in [-0.1, -0.05) is 0 Å². The Hall–Kier alpha value is 0.806. The van der Waals surface area contributed by atoms with Gasteiger partial charge in [-0.05, 0) is 0 Å². The predicted octanol–water partition coefficient (Wildman–Crippen LogP) is 1.59. The van der Waals surface area contributed by atoms with Crippen LogP contribution in [-0.4, -0.2) is 26.0 Å². The van der Waals surface area contributed by atoms with Crippen molar-refractivity contribution < 1.29 is 0 Å². The minimum Gasteiger partial charge on any atom is -0.280 e. The van der Waals surface area contributed by atoms with E-state index in [1.54, 1.807) is 12.4 Å². The van der Waals surface area contributed by atoms with Gasteiger partial charge in [-0.3, -0.25) is 35.7 Å². The molecular weight excluding hydrogens is 260 g/mol. The molecule has 0 bridgehead atoms. The Morgan fingerprint density at radius 1 is 1.33 bits per heavy atom. The van der Waals surface area contributed by atoms with Crippen LogP contribution in [-0.2, 0) is 0 Å². The normalized spacial score (nSPS) is 6.44. The third kappa shape index (κ3) is 8.81. The number of hydrogen-bond acceptors (Lipinski definition) is 2. The van der Waals surface area contributed by atoms with Crippen LogP contribution in [0.4, 0.5) is 0 Å². The third-order valence-corrected chi connectivity index (χ3v) is 0.434. The van der Waals surface area contributed by atoms with Crippen LogP contribution in [0.5, 0.6) is 0 Å². The lowest BCUT2D eigenvalue weighted by Gasteiger charge is -1.68. The zero-order valence-corrected chi connectivity index (χ0v) is 9.18. The van der Waals surface area contributed by atoms with Gasteiger partial charge in [0.05, 0.1) is 6.20 Å². The van der Waals surface area contributed by atoms with Crippen molar-refractivity contribution >= 4 is 41.8 Å². The van der Waals surface area contributed by atoms with E-state index in [1.807, 2.05) is 0 Å². The lowest BCUT2D eigenvalue weighted by molar-refractivity contribution is 1.19. The van der Waals surface area contributed by atoms with E-state index < -0.39 is 0 Å². The van der Waals surface area contributed by atoms with Crippen molar-refractivity contribution in [3.63, 3.8) is 0 Å². The summed E-state index contributed by atoms with van der Waals surface area (Å²) in [6, 6.07) is 0. The summed E-state index contributed by atoms with van der Waals surface area (Å²) >= 11 is 6.44. The molecule has 2 nitrogen and oxygen atoms in total. The minimum absolute atomic E-state index is 0.0417. The summed E-state index contributed by atoms with van der Waals surface area (Å²) in [4.78, 5) is 7.26. The fourth-order valence-electron chi connectivity index (χ4n) is 0.225. The van der Waals surface area contributed by atoms with Crippen molar-refractivity contribution in [1.29, 1.82) is 0 Å². The molecular formula is C4H3Br2MgN2. The summed E-state index contributed by atoms with van der Waals surface area (Å²) in [6.07, 6.45) is 7.24. The molecule has 1 heterocycles. The number of halogens is 2. The standard InChI is InChI=1S/C4H3N2.2BrH.Mg/c1-2-6-4-3-5-1;;;/h1-3H;2*1H;/q;;;+2/p-2. The van der Waals surface area contributed by atoms with Gasteiger partial charge in [0, 0.05) is 12.4 Å². The van der Waals surface area contributed by atoms with Crippen molar-refractivity contribution in [3.8, 4) is 0 Å². The van der Waals surface area contributed by atoms with Gasteiger partial charge in [0.2, 0.25) is 0 Å². The van der Waals surface area contributed by atoms with Gasteiger partial charge >= 0.3 is 16.0 Å². The summed E-state index contributed by atoms with van der Waals surface area (Å²) in [5.74, 6) is 0. The highest BCUT2D eigenvalue weighted by molar-refractivity contribution is 9.47. The summed E-state index contributed by atoms with van der Waals surface area (Å²) in [5, 5.41) is 0. The number of hydrogen-bond donors (Lipinski definition) is 0. The molecule has 1 aromatic rings. The molecule has 0 N–H and O–H groups in total. The van der Waals surface area contributed by atoms with Crippen LogP contribution in [0.25, 0.3) is 0 Å². The first-order chi connectivity index (χ1) is 4.41. The van der Waals surface area contributed by atoms with Crippen LogP contribution in [0.3, 0.4) is 0 Å². The fraction of sp³-hybridized carbons (Fsp3) is 0. The second kappa shape index (κ2) is 8.81. The highest BCUT2D eigenvalue weighted by Gasteiger charge is 1.62. The molecule has 0 aliphatic heterocycles. The molecule has 0 unspecified atom stereocenters. The monoisotopic (exact) mass is 261 g/mol. The highest BCUT2D eigenvalue weighted by atomic mass is 79.9. The van der Waals surface area contributed by atoms with Gasteiger partial charge < -0.3 is 0 Å². The molecule has 5 heteroatoms. The van der Waals surface area contributed by atoms with Crippen LogP contribution >= 0.6 is 25.8 Å². The molecule has 1 rings (SSSR count). The Labute approximate surface area is 75.9 Å². The average molecular weight is 263 g/mol. The minimum atomic E-state index is 0.0417. The highest BCUT2D eigenvalue weighted by Crippen LogP contribution is 1.77. The molecule has 0 fully saturated rings. The number of aromatic nitrogens is 2. The maximum atomic E-state index is 3.67. The first kappa shape index (κ1) is 9.81. The zero-order chi connectivity index (χ0) is 6.95. The van der Waals surface area contributed by atoms with E-state index >= 15 is 0 Å². The molecule has 1 radical (unpaired) electrons. The maximum absolute atomic E-state index is 3.67. The van der Waals surface area contributed by atoms with E-state index in [0.29, 0.717) is 0 Å². The molecule has 0 saturated carbocycles. The molecule has 45 valence electrons. The molecule has 0 amide bonds. The van der Waals surface area contributed by atoms with Gasteiger partial charge in [-0.25, -0.2) is 0 Å². The van der Waals surface area contributed by atoms with E-state index in [0.717, 1.165) is 0 Å². The molecule has 0 saturated heterocycles. The van der Waals surface area contributed by atoms with Gasteiger partial charge in [0.1, 0.15) is 6.20 Å². The SMILES string of the molecule is [Br][Mg][Br].[c]1cnccn1. The topological polar surface area (TPSA) is 25.8 Å². The van der Waals surface area contributed by atoms with Gasteiger partial charge in [-0.15, -0.1) is 0 Å². The number of nitrogens with zero attached hydrogens (tertiary/aromatic N) is 2. The third-order valence-electron chi connectivity index (χ3n) is 0.434. The zero-order valence-electron chi connectivity index (χ0n) is 4.59. The van der Waals surface area contributed by atoms with Crippen molar-refractivity contribution in [2.75, 3.05) is 0 Å². The van der Waals surface area contributed by atoms with Crippen LogP contribution in [0.15, 0.2) is 18.6 Å². The summed E-state index contributed by atoms with van der Waals surface area (Å²) in [5.41, 5.74) is 0. The summed E-state index contributed by atoms with van der Waals surface area (Å²) < 4.78 is 0. The molecule has 0 spiro atoms. The summed E-state index contributed by atoms with van der Waals surface area (Å²) in [7, 11) is 0. The smallest absolute Gasteiger partial charge is 0.280 e. The largest absolute Gasteiger partial charge is 0.560 e. The lowest BCUT2D eigenvalue weighted by Crippen LogP contribution is -1.67. The van der Waals surface area contributed by atoms with Crippen LogP contribution in [0.2, 0.25) is 0 Å². The van der Waals surface area contributed by atoms with Crippen LogP contribution < -0.4 is 0 Å². The van der Waals surface area contributed by atoms with Crippen LogP contribution in [0.1, 0.15) is 0 Å². The van der Waals surface area contributed by atoms with E-state index in [1.165, 1.54) is 6.20 Å². The second-order valence-corrected chi connectivity index (χ2v) is 9.02. The van der Waals surface area contributed by atoms with Crippen LogP contribution in [0, 0.1) is 6.20 Å². The lowest BCUT2D eigenvalue weighted by atomic mass is 10.8. The van der Waals surface area contributed by atoms with Crippen molar-refractivity contribution in [1.82, 2.24) is 9.97 Å². The second-order valence-electron chi connectivity index (χ2n) is 0.936. The first-order valence-electron chi connectivity index (χ1n) is 2.15. The van der Waals surface area contributed by atoms with Gasteiger partial charge in [0.15, 0.2) is 0 Å². The average Bonchev–Trinajstić information content (AvgIpc) is 1.93. The Morgan fingerprint density at radius 3 is 2.11 bits per heavy atom. The molecule has 0 aliphatic carbocycles. The molecule has 1 aromatic heterocycles. The van der Waals surface area contributed by atoms with E-state index in [2.05, 4.69) is 41.9 Å². The number of rotatable bonds is 0. The molecule has 9 heavy (non-hydrogen) atoms. The van der Waals surface area contributed by atoms with Crippen molar-refractivity contribution in [2.24, 2.45) is 0 Å². The maximum Gasteiger partial charge on any atom is 0.560 e. The molecule has 0 atom stereocenters. The van der Waals surface area contributed by atoms with E-state index in [4.69, 9.17) is 0 Å². The molecule has 0 aromatic carbocycles. The van der Waals surface area contributed by atoms with E-state index in [9.17, 15) is 0 Å². The summed E-state index contributed by atoms with van der Waals surface area (Å²) in [6.45, 7) is 0. The Morgan fingerprint density at radius 2 is 2.00 bits per heavy atom. The van der Waals surface area contributed by atoms with E-state index in [-0.39, 0.29) is 16.0 Å². The van der Waals surface area contributed by atoms with Gasteiger partial charge in [-0.2, -0.15) is 0 Å². The quantitative estimate of drug-likeness (QED) is 0.664. The first-order valence-corrected chi connectivity index (χ1v) is 9.95. The predicted molar refractivity (Wildman–Crippen MR) is 44.5 cm³/mol. The Bertz CT molecular complexity index is 99.4.